The van der Waals surface area contributed by atoms with Crippen molar-refractivity contribution in [3.05, 3.63) is 0 Å². The zero-order valence-electron chi connectivity index (χ0n) is 9.34. The summed E-state index contributed by atoms with van der Waals surface area (Å²) in [6, 6.07) is 0. The molecule has 2 heteroatoms. The first-order valence-corrected chi connectivity index (χ1v) is 5.49. The van der Waals surface area contributed by atoms with E-state index in [1.165, 1.54) is 32.4 Å². The van der Waals surface area contributed by atoms with E-state index >= 15 is 0 Å². The Labute approximate surface area is 82.1 Å². The Hall–Kier alpha value is -0.0800. The SMILES string of the molecule is CC(C)(C)[N+]1(CCO)CCCCC1. The predicted octanol–water partition coefficient (Wildman–Crippen LogP) is 1.78. The number of aliphatic hydroxyl groups is 1. The van der Waals surface area contributed by atoms with Gasteiger partial charge in [-0.2, -0.15) is 0 Å². The molecule has 1 saturated heterocycles. The Morgan fingerprint density at radius 2 is 1.62 bits per heavy atom. The van der Waals surface area contributed by atoms with Gasteiger partial charge in [0.2, 0.25) is 0 Å². The van der Waals surface area contributed by atoms with Gasteiger partial charge in [-0.05, 0) is 40.0 Å². The van der Waals surface area contributed by atoms with E-state index in [9.17, 15) is 0 Å². The summed E-state index contributed by atoms with van der Waals surface area (Å²) in [6.07, 6.45) is 4.04. The highest BCUT2D eigenvalue weighted by atomic mass is 16.3. The van der Waals surface area contributed by atoms with E-state index in [1.807, 2.05) is 0 Å². The summed E-state index contributed by atoms with van der Waals surface area (Å²) < 4.78 is 1.11. The minimum Gasteiger partial charge on any atom is -0.391 e. The molecule has 0 radical (unpaired) electrons. The normalized spacial score (nSPS) is 23.1. The summed E-state index contributed by atoms with van der Waals surface area (Å²) in [5.74, 6) is 0. The van der Waals surface area contributed by atoms with Crippen molar-refractivity contribution in [1.29, 1.82) is 0 Å². The number of rotatable bonds is 2. The molecule has 1 N–H and O–H groups in total. The molecular weight excluding hydrogens is 162 g/mol. The van der Waals surface area contributed by atoms with Crippen molar-refractivity contribution in [3.63, 3.8) is 0 Å². The van der Waals surface area contributed by atoms with E-state index in [1.54, 1.807) is 0 Å². The molecule has 0 spiro atoms. The minimum absolute atomic E-state index is 0.295. The number of hydrogen-bond acceptors (Lipinski definition) is 1. The maximum absolute atomic E-state index is 9.13. The fourth-order valence-electron chi connectivity index (χ4n) is 2.54. The molecule has 0 unspecified atom stereocenters. The van der Waals surface area contributed by atoms with E-state index in [4.69, 9.17) is 5.11 Å². The van der Waals surface area contributed by atoms with Crippen LogP contribution in [-0.2, 0) is 0 Å². The Morgan fingerprint density at radius 1 is 1.08 bits per heavy atom. The second-order valence-electron chi connectivity index (χ2n) is 5.27. The Balaban J connectivity index is 2.73. The molecular formula is C11H24NO+. The molecule has 2 nitrogen and oxygen atoms in total. The van der Waals surface area contributed by atoms with Gasteiger partial charge in [0.25, 0.3) is 0 Å². The number of nitrogens with zero attached hydrogens (tertiary/aromatic N) is 1. The molecule has 0 aromatic heterocycles. The molecule has 0 atom stereocenters. The maximum Gasteiger partial charge on any atom is 0.103 e. The van der Waals surface area contributed by atoms with Gasteiger partial charge in [0.05, 0.1) is 25.2 Å². The van der Waals surface area contributed by atoms with Crippen LogP contribution in [0.2, 0.25) is 0 Å². The van der Waals surface area contributed by atoms with Crippen LogP contribution in [0.4, 0.5) is 0 Å². The Morgan fingerprint density at radius 3 is 2.00 bits per heavy atom. The predicted molar refractivity (Wildman–Crippen MR) is 55.6 cm³/mol. The summed E-state index contributed by atoms with van der Waals surface area (Å²) >= 11 is 0. The van der Waals surface area contributed by atoms with Crippen molar-refractivity contribution in [2.45, 2.75) is 45.6 Å². The van der Waals surface area contributed by atoms with Gasteiger partial charge in [0, 0.05) is 0 Å². The molecule has 1 heterocycles. The van der Waals surface area contributed by atoms with Crippen molar-refractivity contribution >= 4 is 0 Å². The molecule has 0 bridgehead atoms. The summed E-state index contributed by atoms with van der Waals surface area (Å²) in [4.78, 5) is 0. The van der Waals surface area contributed by atoms with Gasteiger partial charge in [-0.1, -0.05) is 0 Å². The Kier molecular flexibility index (Phi) is 3.36. The largest absolute Gasteiger partial charge is 0.391 e. The summed E-state index contributed by atoms with van der Waals surface area (Å²) in [5, 5.41) is 9.13. The second-order valence-corrected chi connectivity index (χ2v) is 5.27. The fraction of sp³-hybridized carbons (Fsp3) is 1.00. The molecule has 0 aliphatic carbocycles. The van der Waals surface area contributed by atoms with Crippen LogP contribution in [0, 0.1) is 0 Å². The van der Waals surface area contributed by atoms with Crippen molar-refractivity contribution in [2.24, 2.45) is 0 Å². The van der Waals surface area contributed by atoms with Crippen LogP contribution in [0.1, 0.15) is 40.0 Å². The molecule has 0 aromatic carbocycles. The lowest BCUT2D eigenvalue weighted by atomic mass is 9.95. The molecule has 1 rings (SSSR count). The van der Waals surface area contributed by atoms with Crippen LogP contribution < -0.4 is 0 Å². The summed E-state index contributed by atoms with van der Waals surface area (Å²) in [5.41, 5.74) is 0.295. The second kappa shape index (κ2) is 3.97. The highest BCUT2D eigenvalue weighted by molar-refractivity contribution is 4.67. The zero-order valence-corrected chi connectivity index (χ0v) is 9.34. The number of hydrogen-bond donors (Lipinski definition) is 1. The topological polar surface area (TPSA) is 20.2 Å². The number of likely N-dealkylation sites (tertiary alicyclic amines) is 1. The van der Waals surface area contributed by atoms with Gasteiger partial charge in [0.15, 0.2) is 0 Å². The van der Waals surface area contributed by atoms with Crippen molar-refractivity contribution in [1.82, 2.24) is 0 Å². The van der Waals surface area contributed by atoms with Gasteiger partial charge in [-0.25, -0.2) is 0 Å². The highest BCUT2D eigenvalue weighted by Gasteiger charge is 2.40. The highest BCUT2D eigenvalue weighted by Crippen LogP contribution is 2.29. The molecule has 78 valence electrons. The number of aliphatic hydroxyl groups excluding tert-OH is 1. The molecule has 1 fully saturated rings. The van der Waals surface area contributed by atoms with Crippen LogP contribution in [0.3, 0.4) is 0 Å². The third-order valence-corrected chi connectivity index (χ3v) is 3.62. The van der Waals surface area contributed by atoms with Crippen molar-refractivity contribution < 1.29 is 9.59 Å². The van der Waals surface area contributed by atoms with Gasteiger partial charge >= 0.3 is 0 Å². The van der Waals surface area contributed by atoms with Crippen LogP contribution >= 0.6 is 0 Å². The van der Waals surface area contributed by atoms with Gasteiger partial charge in [0.1, 0.15) is 6.54 Å². The van der Waals surface area contributed by atoms with Crippen LogP contribution in [-0.4, -0.2) is 41.4 Å². The van der Waals surface area contributed by atoms with Crippen LogP contribution in [0.15, 0.2) is 0 Å². The summed E-state index contributed by atoms with van der Waals surface area (Å²) in [7, 11) is 0. The smallest absolute Gasteiger partial charge is 0.103 e. The van der Waals surface area contributed by atoms with Crippen LogP contribution in [0.25, 0.3) is 0 Å². The average Bonchev–Trinajstić information content (AvgIpc) is 2.04. The van der Waals surface area contributed by atoms with Gasteiger partial charge < -0.3 is 9.59 Å². The third-order valence-electron chi connectivity index (χ3n) is 3.62. The van der Waals surface area contributed by atoms with Gasteiger partial charge in [-0.15, -0.1) is 0 Å². The molecule has 1 aliphatic heterocycles. The first-order chi connectivity index (χ1) is 6.02. The van der Waals surface area contributed by atoms with Crippen LogP contribution in [0.5, 0.6) is 0 Å². The standard InChI is InChI=1S/C11H24NO/c1-11(2,3)12(9-10-13)7-5-4-6-8-12/h13H,4-10H2,1-3H3/q+1. The molecule has 0 amide bonds. The monoisotopic (exact) mass is 186 g/mol. The molecule has 0 saturated carbocycles. The summed E-state index contributed by atoms with van der Waals surface area (Å²) in [6.45, 7) is 10.7. The zero-order chi connectivity index (χ0) is 9.95. The van der Waals surface area contributed by atoms with Gasteiger partial charge in [-0.3, -0.25) is 0 Å². The first kappa shape index (κ1) is 11.0. The van der Waals surface area contributed by atoms with E-state index in [0.717, 1.165) is 11.0 Å². The minimum atomic E-state index is 0.295. The average molecular weight is 186 g/mol. The van der Waals surface area contributed by atoms with Crippen molar-refractivity contribution in [2.75, 3.05) is 26.2 Å². The fourth-order valence-corrected chi connectivity index (χ4v) is 2.54. The lowest BCUT2D eigenvalue weighted by molar-refractivity contribution is -0.974. The van der Waals surface area contributed by atoms with E-state index in [0.29, 0.717) is 12.1 Å². The van der Waals surface area contributed by atoms with E-state index in [2.05, 4.69) is 20.8 Å². The lowest BCUT2D eigenvalue weighted by Crippen LogP contribution is -2.63. The molecule has 0 aromatic rings. The molecule has 1 aliphatic rings. The number of quaternary nitrogens is 1. The first-order valence-electron chi connectivity index (χ1n) is 5.49. The van der Waals surface area contributed by atoms with Crippen molar-refractivity contribution in [3.8, 4) is 0 Å². The Bertz CT molecular complexity index is 148. The third kappa shape index (κ3) is 2.23. The quantitative estimate of drug-likeness (QED) is 0.652. The lowest BCUT2D eigenvalue weighted by Gasteiger charge is -2.50. The molecule has 13 heavy (non-hydrogen) atoms. The maximum atomic E-state index is 9.13. The van der Waals surface area contributed by atoms with E-state index < -0.39 is 0 Å². The van der Waals surface area contributed by atoms with E-state index in [-0.39, 0.29) is 0 Å². The number of piperidine rings is 1.